The minimum absolute atomic E-state index is 0.171. The van der Waals surface area contributed by atoms with Gasteiger partial charge >= 0.3 is 0 Å². The molecule has 1 atom stereocenters. The van der Waals surface area contributed by atoms with Gasteiger partial charge in [-0.3, -0.25) is 4.79 Å². The Bertz CT molecular complexity index is 337. The van der Waals surface area contributed by atoms with E-state index >= 15 is 0 Å². The Morgan fingerprint density at radius 1 is 1.40 bits per heavy atom. The third kappa shape index (κ3) is 2.57. The summed E-state index contributed by atoms with van der Waals surface area (Å²) in [5.41, 5.74) is 6.83. The van der Waals surface area contributed by atoms with Gasteiger partial charge < -0.3 is 10.6 Å². The van der Waals surface area contributed by atoms with Gasteiger partial charge in [0, 0.05) is 19.1 Å². The predicted octanol–water partition coefficient (Wildman–Crippen LogP) is 0.789. The van der Waals surface area contributed by atoms with Crippen molar-refractivity contribution in [3.8, 4) is 0 Å². The van der Waals surface area contributed by atoms with Crippen molar-refractivity contribution in [2.45, 2.75) is 18.9 Å². The van der Waals surface area contributed by atoms with E-state index in [4.69, 9.17) is 5.73 Å². The van der Waals surface area contributed by atoms with Crippen LogP contribution in [0.2, 0.25) is 0 Å². The van der Waals surface area contributed by atoms with Gasteiger partial charge in [0.1, 0.15) is 0 Å². The number of nitrogens with zero attached hydrogens (tertiary/aromatic N) is 1. The van der Waals surface area contributed by atoms with Gasteiger partial charge in [-0.15, -0.1) is 0 Å². The second-order valence-electron chi connectivity index (χ2n) is 4.05. The first kappa shape index (κ1) is 10.2. The molecule has 0 unspecified atom stereocenters. The van der Waals surface area contributed by atoms with Crippen LogP contribution < -0.4 is 5.73 Å². The maximum Gasteiger partial charge on any atom is 0.227 e. The molecule has 80 valence electrons. The summed E-state index contributed by atoms with van der Waals surface area (Å²) >= 11 is 0. The SMILES string of the molecule is N[C@@H]1CCN(C(=O)Cc2ccccc2)C1. The summed E-state index contributed by atoms with van der Waals surface area (Å²) in [6.45, 7) is 1.53. The molecule has 1 aliphatic heterocycles. The van der Waals surface area contributed by atoms with E-state index in [-0.39, 0.29) is 11.9 Å². The number of likely N-dealkylation sites (tertiary alicyclic amines) is 1. The zero-order chi connectivity index (χ0) is 10.7. The topological polar surface area (TPSA) is 46.3 Å². The smallest absolute Gasteiger partial charge is 0.227 e. The number of nitrogens with two attached hydrogens (primary N) is 1. The summed E-state index contributed by atoms with van der Waals surface area (Å²) in [7, 11) is 0. The van der Waals surface area contributed by atoms with E-state index in [1.54, 1.807) is 0 Å². The minimum Gasteiger partial charge on any atom is -0.341 e. The van der Waals surface area contributed by atoms with Gasteiger partial charge in [-0.1, -0.05) is 30.3 Å². The van der Waals surface area contributed by atoms with Crippen LogP contribution in [0.1, 0.15) is 12.0 Å². The van der Waals surface area contributed by atoms with E-state index in [1.807, 2.05) is 35.2 Å². The Labute approximate surface area is 89.9 Å². The summed E-state index contributed by atoms with van der Waals surface area (Å²) in [6, 6.07) is 10.0. The Hall–Kier alpha value is -1.35. The molecule has 0 spiro atoms. The van der Waals surface area contributed by atoms with E-state index in [9.17, 15) is 4.79 Å². The number of carbonyl (C=O) groups excluding carboxylic acids is 1. The summed E-state index contributed by atoms with van der Waals surface area (Å²) in [5, 5.41) is 0. The molecule has 0 radical (unpaired) electrons. The van der Waals surface area contributed by atoms with Gasteiger partial charge in [-0.05, 0) is 12.0 Å². The molecule has 1 saturated heterocycles. The maximum absolute atomic E-state index is 11.8. The molecule has 1 fully saturated rings. The van der Waals surface area contributed by atoms with Crippen molar-refractivity contribution < 1.29 is 4.79 Å². The van der Waals surface area contributed by atoms with Crippen molar-refractivity contribution in [2.24, 2.45) is 5.73 Å². The lowest BCUT2D eigenvalue weighted by molar-refractivity contribution is -0.129. The molecule has 0 bridgehead atoms. The predicted molar refractivity (Wildman–Crippen MR) is 59.3 cm³/mol. The highest BCUT2D eigenvalue weighted by Crippen LogP contribution is 2.10. The van der Waals surface area contributed by atoms with Gasteiger partial charge in [0.25, 0.3) is 0 Å². The molecule has 1 aromatic rings. The van der Waals surface area contributed by atoms with E-state index in [0.717, 1.165) is 18.5 Å². The van der Waals surface area contributed by atoms with Gasteiger partial charge in [-0.2, -0.15) is 0 Å². The molecular weight excluding hydrogens is 188 g/mol. The van der Waals surface area contributed by atoms with Crippen LogP contribution in [0.5, 0.6) is 0 Å². The molecular formula is C12H16N2O. The van der Waals surface area contributed by atoms with Crippen molar-refractivity contribution in [2.75, 3.05) is 13.1 Å². The molecule has 0 aliphatic carbocycles. The molecule has 0 saturated carbocycles. The molecule has 2 rings (SSSR count). The Morgan fingerprint density at radius 2 is 2.13 bits per heavy atom. The van der Waals surface area contributed by atoms with Crippen molar-refractivity contribution in [3.05, 3.63) is 35.9 Å². The number of hydrogen-bond acceptors (Lipinski definition) is 2. The molecule has 15 heavy (non-hydrogen) atoms. The highest BCUT2D eigenvalue weighted by atomic mass is 16.2. The molecule has 2 N–H and O–H groups in total. The normalized spacial score (nSPS) is 20.6. The van der Waals surface area contributed by atoms with E-state index in [1.165, 1.54) is 0 Å². The molecule has 1 heterocycles. The summed E-state index contributed by atoms with van der Waals surface area (Å²) in [5.74, 6) is 0.189. The Morgan fingerprint density at radius 3 is 2.73 bits per heavy atom. The zero-order valence-electron chi connectivity index (χ0n) is 8.73. The van der Waals surface area contributed by atoms with Gasteiger partial charge in [0.05, 0.1) is 6.42 Å². The van der Waals surface area contributed by atoms with Crippen molar-refractivity contribution in [1.82, 2.24) is 4.90 Å². The van der Waals surface area contributed by atoms with Crippen LogP contribution in [-0.4, -0.2) is 29.9 Å². The number of hydrogen-bond donors (Lipinski definition) is 1. The Kier molecular flexibility index (Phi) is 3.02. The van der Waals surface area contributed by atoms with Crippen LogP contribution in [0.25, 0.3) is 0 Å². The lowest BCUT2D eigenvalue weighted by Crippen LogP contribution is -2.32. The highest BCUT2D eigenvalue weighted by molar-refractivity contribution is 5.79. The van der Waals surface area contributed by atoms with Crippen LogP contribution in [0.3, 0.4) is 0 Å². The third-order valence-electron chi connectivity index (χ3n) is 2.78. The van der Waals surface area contributed by atoms with Gasteiger partial charge in [0.15, 0.2) is 0 Å². The van der Waals surface area contributed by atoms with Gasteiger partial charge in [-0.25, -0.2) is 0 Å². The molecule has 1 amide bonds. The lowest BCUT2D eigenvalue weighted by atomic mass is 10.1. The quantitative estimate of drug-likeness (QED) is 0.774. The number of benzene rings is 1. The van der Waals surface area contributed by atoms with Crippen LogP contribution in [0.15, 0.2) is 30.3 Å². The molecule has 1 aliphatic rings. The van der Waals surface area contributed by atoms with Crippen molar-refractivity contribution in [1.29, 1.82) is 0 Å². The molecule has 1 aromatic carbocycles. The van der Waals surface area contributed by atoms with E-state index in [0.29, 0.717) is 13.0 Å². The number of carbonyl (C=O) groups is 1. The van der Waals surface area contributed by atoms with Crippen LogP contribution in [-0.2, 0) is 11.2 Å². The van der Waals surface area contributed by atoms with Crippen molar-refractivity contribution in [3.63, 3.8) is 0 Å². The first-order valence-electron chi connectivity index (χ1n) is 5.33. The number of rotatable bonds is 2. The van der Waals surface area contributed by atoms with Gasteiger partial charge in [0.2, 0.25) is 5.91 Å². The fourth-order valence-corrected chi connectivity index (χ4v) is 1.90. The first-order chi connectivity index (χ1) is 7.25. The molecule has 3 heteroatoms. The van der Waals surface area contributed by atoms with Crippen LogP contribution in [0.4, 0.5) is 0 Å². The third-order valence-corrected chi connectivity index (χ3v) is 2.78. The fourth-order valence-electron chi connectivity index (χ4n) is 1.90. The number of amides is 1. The summed E-state index contributed by atoms with van der Waals surface area (Å²) in [4.78, 5) is 13.7. The standard InChI is InChI=1S/C12H16N2O/c13-11-6-7-14(9-11)12(15)8-10-4-2-1-3-5-10/h1-5,11H,6-9,13H2/t11-/m1/s1. The lowest BCUT2D eigenvalue weighted by Gasteiger charge is -2.15. The molecule has 0 aromatic heterocycles. The van der Waals surface area contributed by atoms with E-state index < -0.39 is 0 Å². The van der Waals surface area contributed by atoms with Crippen LogP contribution >= 0.6 is 0 Å². The first-order valence-corrected chi connectivity index (χ1v) is 5.33. The Balaban J connectivity index is 1.93. The fraction of sp³-hybridized carbons (Fsp3) is 0.417. The maximum atomic E-state index is 11.8. The highest BCUT2D eigenvalue weighted by Gasteiger charge is 2.23. The summed E-state index contributed by atoms with van der Waals surface area (Å²) < 4.78 is 0. The monoisotopic (exact) mass is 204 g/mol. The molecule has 3 nitrogen and oxygen atoms in total. The minimum atomic E-state index is 0.171. The van der Waals surface area contributed by atoms with Crippen molar-refractivity contribution >= 4 is 5.91 Å². The van der Waals surface area contributed by atoms with E-state index in [2.05, 4.69) is 0 Å². The second-order valence-corrected chi connectivity index (χ2v) is 4.05. The summed E-state index contributed by atoms with van der Waals surface area (Å²) in [6.07, 6.45) is 1.42. The zero-order valence-corrected chi connectivity index (χ0v) is 8.73. The average Bonchev–Trinajstić information content (AvgIpc) is 2.66. The average molecular weight is 204 g/mol. The largest absolute Gasteiger partial charge is 0.341 e. The van der Waals surface area contributed by atoms with Crippen LogP contribution in [0, 0.1) is 0 Å². The second kappa shape index (κ2) is 4.45.